The van der Waals surface area contributed by atoms with E-state index < -0.39 is 0 Å². The fraction of sp³-hybridized carbons (Fsp3) is 0.182. The summed E-state index contributed by atoms with van der Waals surface area (Å²) in [6.45, 7) is 5.48. The van der Waals surface area contributed by atoms with Crippen LogP contribution in [0.25, 0.3) is 10.8 Å². The summed E-state index contributed by atoms with van der Waals surface area (Å²) < 4.78 is 6.43. The second kappa shape index (κ2) is 8.44. The van der Waals surface area contributed by atoms with Crippen LogP contribution in [0.3, 0.4) is 0 Å². The Hall–Kier alpha value is -2.86. The van der Waals surface area contributed by atoms with E-state index in [1.54, 1.807) is 13.0 Å². The molecule has 0 saturated carbocycles. The molecule has 0 aliphatic heterocycles. The molecular weight excluding hydrogens is 420 g/mol. The molecule has 0 spiro atoms. The first-order chi connectivity index (χ1) is 13.4. The Kier molecular flexibility index (Phi) is 5.99. The van der Waals surface area contributed by atoms with E-state index in [4.69, 9.17) is 4.74 Å². The molecule has 0 bridgehead atoms. The van der Waals surface area contributed by atoms with Crippen LogP contribution in [0.1, 0.15) is 23.6 Å². The van der Waals surface area contributed by atoms with Gasteiger partial charge in [0.1, 0.15) is 11.5 Å². The van der Waals surface area contributed by atoms with Gasteiger partial charge in [0.2, 0.25) is 0 Å². The third-order valence-corrected chi connectivity index (χ3v) is 4.95. The molecule has 3 rings (SSSR count). The van der Waals surface area contributed by atoms with Crippen molar-refractivity contribution in [3.8, 4) is 11.5 Å². The molecule has 0 aliphatic carbocycles. The van der Waals surface area contributed by atoms with E-state index >= 15 is 0 Å². The number of carbonyl (C=O) groups excluding carboxylic acids is 1. The molecule has 0 aliphatic rings. The largest absolute Gasteiger partial charge is 0.507 e. The van der Waals surface area contributed by atoms with Crippen LogP contribution in [0.15, 0.2) is 58.1 Å². The summed E-state index contributed by atoms with van der Waals surface area (Å²) in [4.78, 5) is 12.1. The zero-order valence-electron chi connectivity index (χ0n) is 15.9. The Balaban J connectivity index is 1.68. The quantitative estimate of drug-likeness (QED) is 0.440. The fourth-order valence-corrected chi connectivity index (χ4v) is 3.80. The second-order valence-electron chi connectivity index (χ2n) is 6.60. The van der Waals surface area contributed by atoms with E-state index in [9.17, 15) is 9.90 Å². The summed E-state index contributed by atoms with van der Waals surface area (Å²) in [6.07, 6.45) is 0. The Bertz CT molecular complexity index is 1050. The highest BCUT2D eigenvalue weighted by atomic mass is 79.9. The molecule has 0 fully saturated rings. The lowest BCUT2D eigenvalue weighted by Crippen LogP contribution is -2.25. The number of fused-ring (bicyclic) bond motifs is 1. The molecule has 0 unspecified atom stereocenters. The van der Waals surface area contributed by atoms with Crippen molar-refractivity contribution in [1.29, 1.82) is 0 Å². The summed E-state index contributed by atoms with van der Waals surface area (Å²) in [7, 11) is 0. The maximum absolute atomic E-state index is 12.1. The van der Waals surface area contributed by atoms with Crippen molar-refractivity contribution in [1.82, 2.24) is 5.43 Å². The van der Waals surface area contributed by atoms with E-state index in [1.807, 2.05) is 56.3 Å². The average molecular weight is 441 g/mol. The summed E-state index contributed by atoms with van der Waals surface area (Å²) in [6, 6.07) is 15.2. The van der Waals surface area contributed by atoms with E-state index in [0.717, 1.165) is 26.4 Å². The number of phenols is 1. The molecule has 5 nitrogen and oxygen atoms in total. The number of hydrazone groups is 1. The van der Waals surface area contributed by atoms with Crippen molar-refractivity contribution < 1.29 is 14.6 Å². The van der Waals surface area contributed by atoms with Gasteiger partial charge in [-0.2, -0.15) is 5.10 Å². The van der Waals surface area contributed by atoms with Gasteiger partial charge < -0.3 is 9.84 Å². The van der Waals surface area contributed by atoms with E-state index in [-0.39, 0.29) is 18.3 Å². The molecule has 0 saturated heterocycles. The van der Waals surface area contributed by atoms with Gasteiger partial charge in [-0.1, -0.05) is 36.4 Å². The van der Waals surface area contributed by atoms with Gasteiger partial charge in [-0.15, -0.1) is 0 Å². The number of aryl methyl sites for hydroxylation is 2. The van der Waals surface area contributed by atoms with Gasteiger partial charge in [-0.3, -0.25) is 4.79 Å². The van der Waals surface area contributed by atoms with Crippen molar-refractivity contribution in [3.63, 3.8) is 0 Å². The number of hydrogen-bond acceptors (Lipinski definition) is 4. The minimum Gasteiger partial charge on any atom is -0.507 e. The minimum atomic E-state index is -0.383. The first-order valence-corrected chi connectivity index (χ1v) is 9.60. The number of hydrogen-bond donors (Lipinski definition) is 2. The monoisotopic (exact) mass is 440 g/mol. The number of aromatic hydroxyl groups is 1. The minimum absolute atomic E-state index is 0.143. The van der Waals surface area contributed by atoms with E-state index in [2.05, 4.69) is 26.5 Å². The number of ether oxygens (including phenoxy) is 1. The van der Waals surface area contributed by atoms with Crippen LogP contribution in [-0.4, -0.2) is 23.3 Å². The molecule has 3 aromatic carbocycles. The Morgan fingerprint density at radius 2 is 1.93 bits per heavy atom. The lowest BCUT2D eigenvalue weighted by Gasteiger charge is -2.12. The first-order valence-electron chi connectivity index (χ1n) is 8.80. The van der Waals surface area contributed by atoms with Crippen molar-refractivity contribution in [2.75, 3.05) is 6.61 Å². The molecule has 1 amide bonds. The van der Waals surface area contributed by atoms with E-state index in [1.165, 1.54) is 0 Å². The number of nitrogens with zero attached hydrogens (tertiary/aromatic N) is 1. The number of nitrogens with one attached hydrogen (secondary N) is 1. The average Bonchev–Trinajstić information content (AvgIpc) is 2.65. The summed E-state index contributed by atoms with van der Waals surface area (Å²) in [5, 5.41) is 16.3. The topological polar surface area (TPSA) is 70.9 Å². The zero-order valence-corrected chi connectivity index (χ0v) is 17.5. The van der Waals surface area contributed by atoms with Crippen molar-refractivity contribution in [2.45, 2.75) is 20.8 Å². The van der Waals surface area contributed by atoms with Crippen LogP contribution in [0.4, 0.5) is 0 Å². The molecule has 0 aromatic heterocycles. The van der Waals surface area contributed by atoms with E-state index in [0.29, 0.717) is 17.0 Å². The summed E-state index contributed by atoms with van der Waals surface area (Å²) >= 11 is 3.46. The van der Waals surface area contributed by atoms with Crippen molar-refractivity contribution >= 4 is 38.3 Å². The van der Waals surface area contributed by atoms with Gasteiger partial charge in [0.25, 0.3) is 5.91 Å². The highest BCUT2D eigenvalue weighted by Gasteiger charge is 2.11. The maximum Gasteiger partial charge on any atom is 0.277 e. The van der Waals surface area contributed by atoms with Crippen LogP contribution >= 0.6 is 15.9 Å². The third kappa shape index (κ3) is 4.34. The fourth-order valence-electron chi connectivity index (χ4n) is 3.01. The molecule has 0 atom stereocenters. The van der Waals surface area contributed by atoms with Crippen molar-refractivity contribution in [3.05, 3.63) is 69.7 Å². The lowest BCUT2D eigenvalue weighted by molar-refractivity contribution is -0.123. The molecular formula is C22H21BrN2O3. The number of rotatable bonds is 5. The Morgan fingerprint density at radius 3 is 2.68 bits per heavy atom. The van der Waals surface area contributed by atoms with Crippen molar-refractivity contribution in [2.24, 2.45) is 5.10 Å². The highest BCUT2D eigenvalue weighted by molar-refractivity contribution is 9.10. The molecule has 2 N–H and O–H groups in total. The smallest absolute Gasteiger partial charge is 0.277 e. The van der Waals surface area contributed by atoms with Gasteiger partial charge in [0, 0.05) is 10.9 Å². The lowest BCUT2D eigenvalue weighted by atomic mass is 10.0. The number of halogens is 1. The molecule has 0 radical (unpaired) electrons. The summed E-state index contributed by atoms with van der Waals surface area (Å²) in [5.41, 5.74) is 5.60. The predicted molar refractivity (Wildman–Crippen MR) is 115 cm³/mol. The molecule has 3 aromatic rings. The van der Waals surface area contributed by atoms with Gasteiger partial charge >= 0.3 is 0 Å². The normalized spacial score (nSPS) is 11.5. The highest BCUT2D eigenvalue weighted by Crippen LogP contribution is 2.30. The van der Waals surface area contributed by atoms with Crippen LogP contribution in [0.2, 0.25) is 0 Å². The SMILES string of the molecule is CC(=NNC(=O)COc1c(C)cc(C)cc1Br)c1ccc2ccccc2c1O. The van der Waals surface area contributed by atoms with Gasteiger partial charge in [-0.25, -0.2) is 5.43 Å². The van der Waals surface area contributed by atoms with Gasteiger partial charge in [0.15, 0.2) is 6.61 Å². The van der Waals surface area contributed by atoms with Gasteiger partial charge in [0.05, 0.1) is 10.2 Å². The molecule has 6 heteroatoms. The molecule has 144 valence electrons. The van der Waals surface area contributed by atoms with Crippen LogP contribution in [0, 0.1) is 13.8 Å². The number of carbonyl (C=O) groups is 1. The Labute approximate surface area is 172 Å². The molecule has 28 heavy (non-hydrogen) atoms. The van der Waals surface area contributed by atoms with Gasteiger partial charge in [-0.05, 0) is 65.3 Å². The zero-order chi connectivity index (χ0) is 20.3. The van der Waals surface area contributed by atoms with Crippen LogP contribution in [0.5, 0.6) is 11.5 Å². The number of benzene rings is 3. The third-order valence-electron chi connectivity index (χ3n) is 4.36. The van der Waals surface area contributed by atoms with Crippen LogP contribution < -0.4 is 10.2 Å². The summed E-state index contributed by atoms with van der Waals surface area (Å²) in [5.74, 6) is 0.393. The standard InChI is InChI=1S/C22H21BrN2O3/c1-13-10-14(2)22(19(23)11-13)28-12-20(26)25-24-15(3)17-9-8-16-6-4-5-7-18(16)21(17)27/h4-11,27H,12H2,1-3H3,(H,25,26). The number of amides is 1. The number of phenolic OH excluding ortho intramolecular Hbond substituents is 1. The van der Waals surface area contributed by atoms with Crippen LogP contribution in [-0.2, 0) is 4.79 Å². The second-order valence-corrected chi connectivity index (χ2v) is 7.45. The Morgan fingerprint density at radius 1 is 1.18 bits per heavy atom. The predicted octanol–water partition coefficient (Wildman–Crippen LogP) is 4.84. The maximum atomic E-state index is 12.1. The molecule has 0 heterocycles. The first kappa shape index (κ1) is 19.9.